The van der Waals surface area contributed by atoms with Crippen molar-refractivity contribution in [2.45, 2.75) is 45.3 Å². The number of carbonyl (C=O) groups excluding carboxylic acids is 2. The second-order valence-electron chi connectivity index (χ2n) is 6.52. The van der Waals surface area contributed by atoms with Crippen molar-refractivity contribution in [2.75, 3.05) is 13.7 Å². The molecule has 1 N–H and O–H groups in total. The molecule has 0 spiro atoms. The van der Waals surface area contributed by atoms with Crippen molar-refractivity contribution >= 4 is 18.0 Å². The van der Waals surface area contributed by atoms with Gasteiger partial charge in [-0.1, -0.05) is 30.3 Å². The van der Waals surface area contributed by atoms with Crippen molar-refractivity contribution in [3.8, 4) is 0 Å². The molecule has 0 saturated heterocycles. The zero-order valence-electron chi connectivity index (χ0n) is 15.0. The number of amides is 1. The highest BCUT2D eigenvalue weighted by atomic mass is 16.6. The van der Waals surface area contributed by atoms with E-state index in [9.17, 15) is 19.5 Å². The Morgan fingerprint density at radius 1 is 1.16 bits per heavy atom. The van der Waals surface area contributed by atoms with Crippen LogP contribution in [0.15, 0.2) is 30.3 Å². The van der Waals surface area contributed by atoms with Crippen molar-refractivity contribution in [1.82, 2.24) is 4.90 Å². The molecule has 0 aromatic heterocycles. The van der Waals surface area contributed by atoms with Crippen molar-refractivity contribution in [3.63, 3.8) is 0 Å². The molecule has 0 heterocycles. The third-order valence-corrected chi connectivity index (χ3v) is 3.34. The Labute approximate surface area is 147 Å². The zero-order chi connectivity index (χ0) is 19.0. The topological polar surface area (TPSA) is 93.1 Å². The van der Waals surface area contributed by atoms with Gasteiger partial charge in [0, 0.05) is 6.54 Å². The molecule has 1 aromatic carbocycles. The lowest BCUT2D eigenvalue weighted by Gasteiger charge is -2.33. The molecular formula is C18H25NO6. The van der Waals surface area contributed by atoms with Crippen LogP contribution in [0, 0.1) is 0 Å². The predicted octanol–water partition coefficient (Wildman–Crippen LogP) is 3.00. The van der Waals surface area contributed by atoms with E-state index in [0.717, 1.165) is 0 Å². The van der Waals surface area contributed by atoms with Gasteiger partial charge in [0.05, 0.1) is 26.0 Å². The maximum absolute atomic E-state index is 12.6. The lowest BCUT2D eigenvalue weighted by Crippen LogP contribution is -2.41. The molecule has 0 bridgehead atoms. The molecule has 0 aliphatic carbocycles. The second kappa shape index (κ2) is 9.05. The van der Waals surface area contributed by atoms with Gasteiger partial charge < -0.3 is 14.6 Å². The van der Waals surface area contributed by atoms with Crippen LogP contribution in [0.2, 0.25) is 0 Å². The van der Waals surface area contributed by atoms with Gasteiger partial charge in [0.25, 0.3) is 0 Å². The van der Waals surface area contributed by atoms with Crippen LogP contribution in [0.3, 0.4) is 0 Å². The van der Waals surface area contributed by atoms with Gasteiger partial charge in [-0.25, -0.2) is 4.79 Å². The number of nitrogens with zero attached hydrogens (tertiary/aromatic N) is 1. The Bertz CT molecular complexity index is 593. The Hall–Kier alpha value is -2.57. The fourth-order valence-electron chi connectivity index (χ4n) is 2.26. The number of methoxy groups -OCH3 is 1. The van der Waals surface area contributed by atoms with Gasteiger partial charge in [0.15, 0.2) is 0 Å². The van der Waals surface area contributed by atoms with E-state index < -0.39 is 29.7 Å². The lowest BCUT2D eigenvalue weighted by molar-refractivity contribution is -0.141. The van der Waals surface area contributed by atoms with Crippen molar-refractivity contribution in [1.29, 1.82) is 0 Å². The Kier molecular flexibility index (Phi) is 7.42. The summed E-state index contributed by atoms with van der Waals surface area (Å²) in [4.78, 5) is 36.7. The first-order chi connectivity index (χ1) is 11.6. The number of esters is 1. The number of hydrogen-bond donors (Lipinski definition) is 1. The third kappa shape index (κ3) is 7.24. The van der Waals surface area contributed by atoms with E-state index in [1.165, 1.54) is 12.0 Å². The van der Waals surface area contributed by atoms with E-state index >= 15 is 0 Å². The number of ether oxygens (including phenoxy) is 2. The molecule has 25 heavy (non-hydrogen) atoms. The van der Waals surface area contributed by atoms with Gasteiger partial charge in [-0.3, -0.25) is 14.5 Å². The van der Waals surface area contributed by atoms with Crippen molar-refractivity contribution in [3.05, 3.63) is 35.9 Å². The first kappa shape index (κ1) is 20.5. The molecule has 1 unspecified atom stereocenters. The van der Waals surface area contributed by atoms with E-state index in [2.05, 4.69) is 4.74 Å². The van der Waals surface area contributed by atoms with Crippen LogP contribution >= 0.6 is 0 Å². The van der Waals surface area contributed by atoms with Gasteiger partial charge in [-0.15, -0.1) is 0 Å². The van der Waals surface area contributed by atoms with Crippen molar-refractivity contribution in [2.24, 2.45) is 0 Å². The molecule has 0 aliphatic heterocycles. The molecule has 1 aromatic rings. The Morgan fingerprint density at radius 3 is 2.24 bits per heavy atom. The van der Waals surface area contributed by atoms with E-state index in [0.29, 0.717) is 5.56 Å². The molecule has 1 rings (SSSR count). The molecule has 1 amide bonds. The summed E-state index contributed by atoms with van der Waals surface area (Å²) in [6.45, 7) is 5.16. The summed E-state index contributed by atoms with van der Waals surface area (Å²) in [7, 11) is 1.26. The fraction of sp³-hybridized carbons (Fsp3) is 0.500. The standard InChI is InChI=1S/C18H25NO6/c1-18(2,3)25-17(23)19(11-10-16(22)24-4)14(12-15(20)21)13-8-6-5-7-9-13/h5-9,14H,10-12H2,1-4H3,(H,20,21). The Morgan fingerprint density at radius 2 is 1.76 bits per heavy atom. The maximum atomic E-state index is 12.6. The molecule has 138 valence electrons. The average molecular weight is 351 g/mol. The van der Waals surface area contributed by atoms with E-state index in [4.69, 9.17) is 4.74 Å². The fourth-order valence-corrected chi connectivity index (χ4v) is 2.26. The summed E-state index contributed by atoms with van der Waals surface area (Å²) in [6, 6.07) is 8.05. The molecule has 7 heteroatoms. The smallest absolute Gasteiger partial charge is 0.410 e. The number of benzene rings is 1. The molecular weight excluding hydrogens is 326 g/mol. The minimum Gasteiger partial charge on any atom is -0.481 e. The summed E-state index contributed by atoms with van der Waals surface area (Å²) >= 11 is 0. The Balaban J connectivity index is 3.15. The molecule has 0 radical (unpaired) electrons. The minimum atomic E-state index is -1.06. The number of carboxylic acids is 1. The van der Waals surface area contributed by atoms with Crippen LogP contribution in [-0.4, -0.2) is 47.3 Å². The number of carbonyl (C=O) groups is 3. The highest BCUT2D eigenvalue weighted by Crippen LogP contribution is 2.27. The van der Waals surface area contributed by atoms with Crippen LogP contribution in [-0.2, 0) is 19.1 Å². The normalized spacial score (nSPS) is 12.2. The highest BCUT2D eigenvalue weighted by Gasteiger charge is 2.31. The van der Waals surface area contributed by atoms with Crippen LogP contribution in [0.25, 0.3) is 0 Å². The number of carboxylic acid groups (broad SMARTS) is 1. The number of hydrogen-bond acceptors (Lipinski definition) is 5. The van der Waals surface area contributed by atoms with Gasteiger partial charge in [-0.05, 0) is 26.3 Å². The monoisotopic (exact) mass is 351 g/mol. The van der Waals surface area contributed by atoms with Crippen LogP contribution in [0.5, 0.6) is 0 Å². The molecule has 0 saturated carbocycles. The zero-order valence-corrected chi connectivity index (χ0v) is 15.0. The van der Waals surface area contributed by atoms with E-state index in [1.54, 1.807) is 51.1 Å². The molecule has 0 fully saturated rings. The average Bonchev–Trinajstić information content (AvgIpc) is 2.52. The van der Waals surface area contributed by atoms with Gasteiger partial charge in [0.1, 0.15) is 5.60 Å². The van der Waals surface area contributed by atoms with E-state index in [1.807, 2.05) is 0 Å². The SMILES string of the molecule is COC(=O)CCN(C(=O)OC(C)(C)C)C(CC(=O)O)c1ccccc1. The van der Waals surface area contributed by atoms with Crippen LogP contribution in [0.4, 0.5) is 4.79 Å². The van der Waals surface area contributed by atoms with Crippen LogP contribution in [0.1, 0.15) is 45.2 Å². The quantitative estimate of drug-likeness (QED) is 0.759. The summed E-state index contributed by atoms with van der Waals surface area (Å²) in [5.41, 5.74) is -0.0916. The minimum absolute atomic E-state index is 0.00553. The highest BCUT2D eigenvalue weighted by molar-refractivity contribution is 5.74. The molecule has 7 nitrogen and oxygen atoms in total. The number of rotatable bonds is 7. The lowest BCUT2D eigenvalue weighted by atomic mass is 10.0. The van der Waals surface area contributed by atoms with E-state index in [-0.39, 0.29) is 19.4 Å². The molecule has 1 atom stereocenters. The number of aliphatic carboxylic acids is 1. The predicted molar refractivity (Wildman–Crippen MR) is 91.0 cm³/mol. The third-order valence-electron chi connectivity index (χ3n) is 3.34. The molecule has 0 aliphatic rings. The summed E-state index contributed by atoms with van der Waals surface area (Å²) in [5, 5.41) is 9.26. The summed E-state index contributed by atoms with van der Waals surface area (Å²) in [6.07, 6.45) is -1.03. The second-order valence-corrected chi connectivity index (χ2v) is 6.52. The maximum Gasteiger partial charge on any atom is 0.410 e. The van der Waals surface area contributed by atoms with Crippen molar-refractivity contribution < 1.29 is 29.0 Å². The van der Waals surface area contributed by atoms with Gasteiger partial charge >= 0.3 is 18.0 Å². The van der Waals surface area contributed by atoms with Gasteiger partial charge in [-0.2, -0.15) is 0 Å². The summed E-state index contributed by atoms with van der Waals surface area (Å²) in [5.74, 6) is -1.55. The first-order valence-corrected chi connectivity index (χ1v) is 7.97. The van der Waals surface area contributed by atoms with Gasteiger partial charge in [0.2, 0.25) is 0 Å². The van der Waals surface area contributed by atoms with Crippen LogP contribution < -0.4 is 0 Å². The largest absolute Gasteiger partial charge is 0.481 e. The summed E-state index contributed by atoms with van der Waals surface area (Å²) < 4.78 is 10.0. The first-order valence-electron chi connectivity index (χ1n) is 7.97.